The lowest BCUT2D eigenvalue weighted by molar-refractivity contribution is -0.120. The summed E-state index contributed by atoms with van der Waals surface area (Å²) in [5.74, 6) is -0.405. The fourth-order valence-corrected chi connectivity index (χ4v) is 5.60. The first-order valence-corrected chi connectivity index (χ1v) is 13.9. The molecule has 0 aromatic heterocycles. The van der Waals surface area contributed by atoms with Crippen molar-refractivity contribution in [2.45, 2.75) is 50.6 Å². The van der Waals surface area contributed by atoms with Gasteiger partial charge in [-0.1, -0.05) is 34.1 Å². The Balaban J connectivity index is 1.09. The fourth-order valence-electron chi connectivity index (χ4n) is 5.33. The number of carbonyl (C=O) groups is 3. The summed E-state index contributed by atoms with van der Waals surface area (Å²) in [4.78, 5) is 42.2. The first-order valence-electron chi connectivity index (χ1n) is 13.1. The molecule has 1 N–H and O–H groups in total. The van der Waals surface area contributed by atoms with Crippen LogP contribution in [-0.4, -0.2) is 78.7 Å². The average molecular weight is 587 g/mol. The number of rotatable bonds is 6. The monoisotopic (exact) mass is 586 g/mol. The van der Waals surface area contributed by atoms with Crippen molar-refractivity contribution >= 4 is 39.5 Å². The Hall–Kier alpha value is -2.82. The number of carbonyl (C=O) groups excluding carboxylic acids is 3. The molecule has 2 atom stereocenters. The van der Waals surface area contributed by atoms with Gasteiger partial charge in [-0.25, -0.2) is 9.18 Å². The number of urea groups is 1. The second kappa shape index (κ2) is 11.9. The number of amides is 4. The van der Waals surface area contributed by atoms with Gasteiger partial charge in [0.2, 0.25) is 5.91 Å². The van der Waals surface area contributed by atoms with Crippen molar-refractivity contribution in [2.24, 2.45) is 0 Å². The average Bonchev–Trinajstić information content (AvgIpc) is 2.92. The molecule has 2 aromatic rings. The molecule has 3 heterocycles. The number of nitrogens with one attached hydrogen (secondary N) is 1. The number of imide groups is 1. The van der Waals surface area contributed by atoms with Crippen LogP contribution in [0.15, 0.2) is 53.0 Å². The molecule has 0 aliphatic carbocycles. The quantitative estimate of drug-likeness (QED) is 0.550. The Kier molecular flexibility index (Phi) is 8.40. The highest BCUT2D eigenvalue weighted by atomic mass is 79.9. The van der Waals surface area contributed by atoms with Crippen LogP contribution in [0.1, 0.15) is 41.6 Å². The Bertz CT molecular complexity index is 1170. The molecule has 0 saturated carbocycles. The number of likely N-dealkylation sites (tertiary alicyclic amines) is 2. The van der Waals surface area contributed by atoms with Crippen LogP contribution in [-0.2, 0) is 16.1 Å². The van der Waals surface area contributed by atoms with Crippen LogP contribution in [0, 0.1) is 0 Å². The molecule has 0 radical (unpaired) electrons. The maximum atomic E-state index is 15.0. The van der Waals surface area contributed by atoms with Gasteiger partial charge < -0.3 is 9.64 Å². The van der Waals surface area contributed by atoms with E-state index in [2.05, 4.69) is 38.3 Å². The Morgan fingerprint density at radius 2 is 1.79 bits per heavy atom. The van der Waals surface area contributed by atoms with Gasteiger partial charge in [0.25, 0.3) is 5.91 Å². The number of nitrogens with zero attached hydrogens (tertiary/aromatic N) is 3. The van der Waals surface area contributed by atoms with E-state index < -0.39 is 18.3 Å². The van der Waals surface area contributed by atoms with Gasteiger partial charge in [-0.2, -0.15) is 0 Å². The smallest absolute Gasteiger partial charge is 0.328 e. The van der Waals surface area contributed by atoms with E-state index in [-0.39, 0.29) is 30.9 Å². The van der Waals surface area contributed by atoms with Gasteiger partial charge in [-0.15, -0.1) is 0 Å². The molecule has 8 nitrogen and oxygen atoms in total. The largest absolute Gasteiger partial charge is 0.372 e. The summed E-state index contributed by atoms with van der Waals surface area (Å²) in [5.41, 5.74) is 2.24. The van der Waals surface area contributed by atoms with Crippen LogP contribution in [0.3, 0.4) is 0 Å². The van der Waals surface area contributed by atoms with E-state index in [1.165, 1.54) is 4.90 Å². The third-order valence-electron chi connectivity index (χ3n) is 7.44. The molecular formula is C28H32BrFN4O4. The summed E-state index contributed by atoms with van der Waals surface area (Å²) >= 11 is 3.44. The SMILES string of the molecule is O=C1CCN(c2cccc(C(=O)N3CCC(O[C@@H]4CCN(Cc5ccc(Br)cc5)C[C@H]4F)CC3)c2)C(=O)N1. The lowest BCUT2D eigenvalue weighted by Crippen LogP contribution is -2.49. The number of anilines is 1. The molecule has 10 heteroatoms. The van der Waals surface area contributed by atoms with Gasteiger partial charge in [-0.05, 0) is 55.2 Å². The minimum absolute atomic E-state index is 0.0683. The second-order valence-corrected chi connectivity index (χ2v) is 11.1. The Morgan fingerprint density at radius 3 is 2.50 bits per heavy atom. The van der Waals surface area contributed by atoms with Crippen LogP contribution in [0.2, 0.25) is 0 Å². The number of benzene rings is 2. The Labute approximate surface area is 230 Å². The number of piperidine rings is 2. The summed E-state index contributed by atoms with van der Waals surface area (Å²) in [6.45, 7) is 3.22. The van der Waals surface area contributed by atoms with Crippen molar-refractivity contribution in [2.75, 3.05) is 37.6 Å². The molecule has 202 valence electrons. The van der Waals surface area contributed by atoms with E-state index in [4.69, 9.17) is 4.74 Å². The number of ether oxygens (including phenoxy) is 1. The minimum atomic E-state index is -1.04. The van der Waals surface area contributed by atoms with Crippen molar-refractivity contribution < 1.29 is 23.5 Å². The normalized spacial score (nSPS) is 23.4. The zero-order valence-corrected chi connectivity index (χ0v) is 22.7. The molecular weight excluding hydrogens is 555 g/mol. The summed E-state index contributed by atoms with van der Waals surface area (Å²) < 4.78 is 22.2. The molecule has 3 aliphatic rings. The van der Waals surface area contributed by atoms with E-state index >= 15 is 0 Å². The second-order valence-electron chi connectivity index (χ2n) is 10.1. The van der Waals surface area contributed by atoms with Crippen molar-refractivity contribution in [3.8, 4) is 0 Å². The van der Waals surface area contributed by atoms with Gasteiger partial charge >= 0.3 is 6.03 Å². The summed E-state index contributed by atoms with van der Waals surface area (Å²) in [5, 5.41) is 2.30. The van der Waals surface area contributed by atoms with Gasteiger partial charge in [0.15, 0.2) is 0 Å². The highest BCUT2D eigenvalue weighted by Crippen LogP contribution is 2.26. The first kappa shape index (κ1) is 26.8. The minimum Gasteiger partial charge on any atom is -0.372 e. The van der Waals surface area contributed by atoms with Crippen molar-refractivity contribution in [1.82, 2.24) is 15.1 Å². The zero-order chi connectivity index (χ0) is 26.6. The maximum absolute atomic E-state index is 15.0. The van der Waals surface area contributed by atoms with Crippen molar-refractivity contribution in [1.29, 1.82) is 0 Å². The number of halogens is 2. The molecule has 0 unspecified atom stereocenters. The van der Waals surface area contributed by atoms with E-state index in [9.17, 15) is 18.8 Å². The molecule has 4 amide bonds. The van der Waals surface area contributed by atoms with Gasteiger partial charge in [0, 0.05) is 61.4 Å². The molecule has 3 aliphatic heterocycles. The molecule has 3 fully saturated rings. The standard InChI is InChI=1S/C28H32BrFN4O4/c29-21-6-4-19(5-7-21)17-32-12-10-25(24(30)18-32)38-23-8-13-33(14-9-23)27(36)20-2-1-3-22(16-20)34-15-11-26(35)31-28(34)37/h1-7,16,23-25H,8-15,17-18H2,(H,31,35,37)/t24-,25-/m1/s1. The van der Waals surface area contributed by atoms with Crippen LogP contribution in [0.25, 0.3) is 0 Å². The van der Waals surface area contributed by atoms with Crippen LogP contribution in [0.5, 0.6) is 0 Å². The highest BCUT2D eigenvalue weighted by molar-refractivity contribution is 9.10. The topological polar surface area (TPSA) is 82.2 Å². The van der Waals surface area contributed by atoms with Crippen LogP contribution >= 0.6 is 15.9 Å². The van der Waals surface area contributed by atoms with Crippen LogP contribution < -0.4 is 10.2 Å². The van der Waals surface area contributed by atoms with Crippen molar-refractivity contribution in [3.63, 3.8) is 0 Å². The molecule has 0 bridgehead atoms. The van der Waals surface area contributed by atoms with E-state index in [1.54, 1.807) is 29.2 Å². The summed E-state index contributed by atoms with van der Waals surface area (Å²) in [7, 11) is 0. The predicted molar refractivity (Wildman–Crippen MR) is 145 cm³/mol. The zero-order valence-electron chi connectivity index (χ0n) is 21.2. The number of hydrogen-bond acceptors (Lipinski definition) is 5. The number of hydrogen-bond donors (Lipinski definition) is 1. The molecule has 2 aromatic carbocycles. The lowest BCUT2D eigenvalue weighted by Gasteiger charge is -2.38. The van der Waals surface area contributed by atoms with Gasteiger partial charge in [0.05, 0.1) is 12.2 Å². The predicted octanol–water partition coefficient (Wildman–Crippen LogP) is 4.13. The van der Waals surface area contributed by atoms with E-state index in [0.29, 0.717) is 50.1 Å². The van der Waals surface area contributed by atoms with Crippen LogP contribution in [0.4, 0.5) is 14.9 Å². The van der Waals surface area contributed by atoms with Gasteiger partial charge in [-0.3, -0.25) is 24.7 Å². The van der Waals surface area contributed by atoms with Crippen molar-refractivity contribution in [3.05, 3.63) is 64.1 Å². The molecule has 38 heavy (non-hydrogen) atoms. The molecule has 5 rings (SSSR count). The fraction of sp³-hybridized carbons (Fsp3) is 0.464. The molecule has 3 saturated heterocycles. The van der Waals surface area contributed by atoms with E-state index in [0.717, 1.165) is 23.1 Å². The summed E-state index contributed by atoms with van der Waals surface area (Å²) in [6.07, 6.45) is 0.676. The summed E-state index contributed by atoms with van der Waals surface area (Å²) in [6, 6.07) is 14.6. The number of alkyl halides is 1. The first-order chi connectivity index (χ1) is 18.4. The van der Waals surface area contributed by atoms with E-state index in [1.807, 2.05) is 12.1 Å². The maximum Gasteiger partial charge on any atom is 0.328 e. The van der Waals surface area contributed by atoms with Gasteiger partial charge in [0.1, 0.15) is 6.17 Å². The third kappa shape index (κ3) is 6.42. The molecule has 0 spiro atoms. The highest BCUT2D eigenvalue weighted by Gasteiger charge is 2.34. The Morgan fingerprint density at radius 1 is 1.03 bits per heavy atom. The third-order valence-corrected chi connectivity index (χ3v) is 7.97. The lowest BCUT2D eigenvalue weighted by atomic mass is 10.0.